The lowest BCUT2D eigenvalue weighted by atomic mass is 9.99. The summed E-state index contributed by atoms with van der Waals surface area (Å²) in [4.78, 5) is 16.4. The quantitative estimate of drug-likeness (QED) is 0.774. The summed E-state index contributed by atoms with van der Waals surface area (Å²) < 4.78 is 0. The fraction of sp³-hybridized carbons (Fsp3) is 0.917. The summed E-state index contributed by atoms with van der Waals surface area (Å²) >= 11 is 0. The van der Waals surface area contributed by atoms with Gasteiger partial charge in [0.25, 0.3) is 0 Å². The maximum atomic E-state index is 12.3. The van der Waals surface area contributed by atoms with Gasteiger partial charge in [0, 0.05) is 12.6 Å². The summed E-state index contributed by atoms with van der Waals surface area (Å²) in [5.74, 6) is 0.233. The van der Waals surface area contributed by atoms with Crippen LogP contribution in [0.25, 0.3) is 0 Å². The molecule has 1 saturated heterocycles. The van der Waals surface area contributed by atoms with E-state index >= 15 is 0 Å². The average Bonchev–Trinajstić information content (AvgIpc) is 2.42. The van der Waals surface area contributed by atoms with Crippen LogP contribution >= 0.6 is 0 Å². The van der Waals surface area contributed by atoms with Gasteiger partial charge >= 0.3 is 0 Å². The van der Waals surface area contributed by atoms with Crippen molar-refractivity contribution in [3.8, 4) is 0 Å². The van der Waals surface area contributed by atoms with E-state index in [0.29, 0.717) is 6.04 Å². The maximum absolute atomic E-state index is 12.3. The van der Waals surface area contributed by atoms with Crippen LogP contribution in [0.3, 0.4) is 0 Å². The monoisotopic (exact) mass is 227 g/mol. The predicted octanol–water partition coefficient (Wildman–Crippen LogP) is 0.883. The fourth-order valence-corrected chi connectivity index (χ4v) is 2.04. The smallest absolute Gasteiger partial charge is 0.243 e. The molecule has 16 heavy (non-hydrogen) atoms. The van der Waals surface area contributed by atoms with Crippen molar-refractivity contribution in [2.45, 2.75) is 51.9 Å². The lowest BCUT2D eigenvalue weighted by Crippen LogP contribution is -2.45. The molecule has 94 valence electrons. The molecule has 4 nitrogen and oxygen atoms in total. The Hall–Kier alpha value is -0.610. The Morgan fingerprint density at radius 3 is 2.50 bits per heavy atom. The first-order valence-corrected chi connectivity index (χ1v) is 6.07. The van der Waals surface area contributed by atoms with Crippen LogP contribution < -0.4 is 5.32 Å². The molecule has 0 saturated carbocycles. The van der Waals surface area contributed by atoms with E-state index < -0.39 is 0 Å². The normalized spacial score (nSPS) is 32.6. The summed E-state index contributed by atoms with van der Waals surface area (Å²) in [6.07, 6.45) is 0.975. The van der Waals surface area contributed by atoms with Crippen molar-refractivity contribution in [3.05, 3.63) is 0 Å². The molecule has 0 bridgehead atoms. The topological polar surface area (TPSA) is 35.6 Å². The molecule has 0 aromatic heterocycles. The minimum Gasteiger partial charge on any atom is -0.324 e. The van der Waals surface area contributed by atoms with Crippen molar-refractivity contribution in [1.82, 2.24) is 15.1 Å². The van der Waals surface area contributed by atoms with Gasteiger partial charge in [0.15, 0.2) is 0 Å². The highest BCUT2D eigenvalue weighted by Gasteiger charge is 2.45. The summed E-state index contributed by atoms with van der Waals surface area (Å²) in [6.45, 7) is 9.03. The van der Waals surface area contributed by atoms with Gasteiger partial charge in [0.1, 0.15) is 0 Å². The molecule has 1 aliphatic rings. The molecule has 0 aliphatic carbocycles. The Morgan fingerprint density at radius 1 is 1.56 bits per heavy atom. The number of rotatable bonds is 4. The number of likely N-dealkylation sites (N-methyl/N-ethyl adjacent to an activating group) is 1. The number of hydrogen-bond acceptors (Lipinski definition) is 3. The van der Waals surface area contributed by atoms with Crippen molar-refractivity contribution < 1.29 is 4.79 Å². The van der Waals surface area contributed by atoms with E-state index in [-0.39, 0.29) is 17.6 Å². The van der Waals surface area contributed by atoms with E-state index in [1.54, 1.807) is 0 Å². The molecule has 0 radical (unpaired) electrons. The molecule has 4 heteroatoms. The van der Waals surface area contributed by atoms with Gasteiger partial charge in [0.05, 0.1) is 11.7 Å². The highest BCUT2D eigenvalue weighted by atomic mass is 16.2. The third kappa shape index (κ3) is 2.38. The number of carbonyl (C=O) groups is 1. The largest absolute Gasteiger partial charge is 0.324 e. The Morgan fingerprint density at radius 2 is 2.12 bits per heavy atom. The minimum atomic E-state index is -0.370. The van der Waals surface area contributed by atoms with Crippen LogP contribution in [0, 0.1) is 0 Å². The molecule has 3 unspecified atom stereocenters. The first kappa shape index (κ1) is 13.5. The van der Waals surface area contributed by atoms with Crippen molar-refractivity contribution in [2.75, 3.05) is 20.6 Å². The first-order valence-electron chi connectivity index (χ1n) is 6.07. The molecule has 1 fully saturated rings. The molecule has 3 atom stereocenters. The molecular weight excluding hydrogens is 202 g/mol. The second kappa shape index (κ2) is 4.72. The first-order chi connectivity index (χ1) is 7.31. The fourth-order valence-electron chi connectivity index (χ4n) is 2.04. The van der Waals surface area contributed by atoms with Gasteiger partial charge in [-0.1, -0.05) is 6.92 Å². The van der Waals surface area contributed by atoms with Gasteiger partial charge in [-0.05, 0) is 41.3 Å². The van der Waals surface area contributed by atoms with Crippen molar-refractivity contribution >= 4 is 5.91 Å². The molecule has 1 aliphatic heterocycles. The van der Waals surface area contributed by atoms with Crippen molar-refractivity contribution in [1.29, 1.82) is 0 Å². The Kier molecular flexibility index (Phi) is 3.97. The van der Waals surface area contributed by atoms with E-state index in [2.05, 4.69) is 31.0 Å². The zero-order valence-corrected chi connectivity index (χ0v) is 11.4. The van der Waals surface area contributed by atoms with E-state index in [1.165, 1.54) is 0 Å². The predicted molar refractivity (Wildman–Crippen MR) is 66.2 cm³/mol. The summed E-state index contributed by atoms with van der Waals surface area (Å²) in [5.41, 5.74) is -0.370. The second-order valence-corrected chi connectivity index (χ2v) is 5.28. The van der Waals surface area contributed by atoms with Gasteiger partial charge < -0.3 is 9.80 Å². The van der Waals surface area contributed by atoms with Crippen LogP contribution in [0.1, 0.15) is 34.1 Å². The van der Waals surface area contributed by atoms with Gasteiger partial charge in [-0.3, -0.25) is 10.1 Å². The molecule has 1 rings (SSSR count). The second-order valence-electron chi connectivity index (χ2n) is 5.28. The van der Waals surface area contributed by atoms with Crippen LogP contribution in [0.15, 0.2) is 0 Å². The van der Waals surface area contributed by atoms with Crippen LogP contribution in [-0.2, 0) is 4.79 Å². The molecule has 0 aromatic rings. The van der Waals surface area contributed by atoms with Crippen molar-refractivity contribution in [3.63, 3.8) is 0 Å². The Balaban J connectivity index is 2.72. The zero-order chi connectivity index (χ0) is 12.5. The van der Waals surface area contributed by atoms with Crippen LogP contribution in [-0.4, -0.2) is 54.1 Å². The summed E-state index contributed by atoms with van der Waals surface area (Å²) in [5, 5.41) is 3.38. The van der Waals surface area contributed by atoms with E-state index in [9.17, 15) is 4.79 Å². The number of hydrogen-bond donors (Lipinski definition) is 1. The van der Waals surface area contributed by atoms with Gasteiger partial charge in [-0.15, -0.1) is 0 Å². The van der Waals surface area contributed by atoms with Crippen LogP contribution in [0.5, 0.6) is 0 Å². The van der Waals surface area contributed by atoms with Crippen LogP contribution in [0.2, 0.25) is 0 Å². The third-order valence-corrected chi connectivity index (χ3v) is 3.78. The lowest BCUT2D eigenvalue weighted by Gasteiger charge is -2.28. The molecule has 0 aromatic carbocycles. The maximum Gasteiger partial charge on any atom is 0.243 e. The molecule has 1 N–H and O–H groups in total. The SMILES string of the molecule is CCC1(C)NC(C)N(CC(C)N(C)C)C1=O. The average molecular weight is 227 g/mol. The minimum absolute atomic E-state index is 0.139. The van der Waals surface area contributed by atoms with Crippen LogP contribution in [0.4, 0.5) is 0 Å². The van der Waals surface area contributed by atoms with Gasteiger partial charge in [-0.25, -0.2) is 0 Å². The molecular formula is C12H25N3O. The number of carbonyl (C=O) groups excluding carboxylic acids is 1. The standard InChI is InChI=1S/C12H25N3O/c1-7-12(4)11(16)15(10(3)13-12)8-9(2)14(5)6/h9-10,13H,7-8H2,1-6H3. The lowest BCUT2D eigenvalue weighted by molar-refractivity contribution is -0.133. The molecule has 1 heterocycles. The van der Waals surface area contributed by atoms with E-state index in [4.69, 9.17) is 0 Å². The van der Waals surface area contributed by atoms with Crippen molar-refractivity contribution in [2.24, 2.45) is 0 Å². The summed E-state index contributed by atoms with van der Waals surface area (Å²) in [6, 6.07) is 0.382. The molecule has 1 amide bonds. The van der Waals surface area contributed by atoms with Gasteiger partial charge in [0.2, 0.25) is 5.91 Å². The Labute approximate surface area is 99.0 Å². The molecule has 0 spiro atoms. The third-order valence-electron chi connectivity index (χ3n) is 3.78. The van der Waals surface area contributed by atoms with E-state index in [1.807, 2.05) is 25.9 Å². The zero-order valence-electron chi connectivity index (χ0n) is 11.4. The number of nitrogens with one attached hydrogen (secondary N) is 1. The highest BCUT2D eigenvalue weighted by Crippen LogP contribution is 2.23. The Bertz CT molecular complexity index is 267. The van der Waals surface area contributed by atoms with E-state index in [0.717, 1.165) is 13.0 Å². The summed E-state index contributed by atoms with van der Waals surface area (Å²) in [7, 11) is 4.09. The number of amides is 1. The number of nitrogens with zero attached hydrogens (tertiary/aromatic N) is 2. The highest BCUT2D eigenvalue weighted by molar-refractivity contribution is 5.88. The van der Waals surface area contributed by atoms with Gasteiger partial charge in [-0.2, -0.15) is 0 Å².